The highest BCUT2D eigenvalue weighted by atomic mass is 19.3. The molecule has 0 fully saturated rings. The first-order valence-electron chi connectivity index (χ1n) is 8.25. The first kappa shape index (κ1) is 20.3. The molecule has 0 saturated heterocycles. The van der Waals surface area contributed by atoms with Crippen LogP contribution in [-0.4, -0.2) is 16.2 Å². The molecular weight excluding hydrogens is 397 g/mol. The van der Waals surface area contributed by atoms with Gasteiger partial charge < -0.3 is 14.6 Å². The summed E-state index contributed by atoms with van der Waals surface area (Å²) >= 11 is 0. The molecule has 3 rings (SSSR count). The molecule has 0 aliphatic carbocycles. The molecule has 0 saturated carbocycles. The van der Waals surface area contributed by atoms with Crippen LogP contribution in [0.2, 0.25) is 0 Å². The molecule has 1 N–H and O–H groups in total. The van der Waals surface area contributed by atoms with Gasteiger partial charge in [0.15, 0.2) is 0 Å². The minimum Gasteiger partial charge on any atom is -0.435 e. The number of nitrogens with zero attached hydrogens (tertiary/aromatic N) is 2. The van der Waals surface area contributed by atoms with Crippen molar-refractivity contribution in [3.05, 3.63) is 81.5 Å². The van der Waals surface area contributed by atoms with Crippen molar-refractivity contribution in [2.45, 2.75) is 20.1 Å². The molecule has 0 atom stereocenters. The van der Waals surface area contributed by atoms with Crippen molar-refractivity contribution >= 4 is 11.6 Å². The maximum Gasteiger partial charge on any atom is 0.387 e. The fraction of sp³-hybridized carbons (Fsp3) is 0.158. The highest BCUT2D eigenvalue weighted by Crippen LogP contribution is 2.25. The van der Waals surface area contributed by atoms with E-state index in [1.54, 1.807) is 6.92 Å². The zero-order chi connectivity index (χ0) is 21.1. The Morgan fingerprint density at radius 3 is 2.41 bits per heavy atom. The smallest absolute Gasteiger partial charge is 0.387 e. The number of nitrogens with one attached hydrogen (secondary N) is 1. The van der Waals surface area contributed by atoms with E-state index in [0.29, 0.717) is 17.3 Å². The number of aryl methyl sites for hydroxylation is 1. The summed E-state index contributed by atoms with van der Waals surface area (Å²) in [6.07, 6.45) is 0.851. The van der Waals surface area contributed by atoms with Crippen molar-refractivity contribution in [1.29, 1.82) is 0 Å². The molecular formula is C19H14F5N3O2. The second kappa shape index (κ2) is 8.29. The number of benzene rings is 2. The van der Waals surface area contributed by atoms with Crippen molar-refractivity contribution in [2.75, 3.05) is 5.32 Å². The molecule has 3 aromatic rings. The van der Waals surface area contributed by atoms with E-state index in [1.807, 2.05) is 0 Å². The van der Waals surface area contributed by atoms with Crippen LogP contribution in [0.15, 0.2) is 47.4 Å². The summed E-state index contributed by atoms with van der Waals surface area (Å²) in [6.45, 7) is -1.58. The van der Waals surface area contributed by atoms with Gasteiger partial charge in [-0.25, -0.2) is 8.78 Å². The van der Waals surface area contributed by atoms with Crippen LogP contribution < -0.4 is 15.6 Å². The lowest BCUT2D eigenvalue weighted by Crippen LogP contribution is -2.20. The molecule has 5 nitrogen and oxygen atoms in total. The molecule has 10 heteroatoms. The molecule has 0 bridgehead atoms. The van der Waals surface area contributed by atoms with E-state index in [-0.39, 0.29) is 23.8 Å². The lowest BCUT2D eigenvalue weighted by atomic mass is 10.2. The maximum atomic E-state index is 13.8. The standard InChI is InChI=1S/C19H14F5N3O2/c1-10-4-14(29-18(23)24)2-3-16(10)25-19-26-17(28)15(22)9-27(19)8-11-5-12(20)7-13(21)6-11/h2-7,9,18H,8H2,1H3,(H,25,26,28). The van der Waals surface area contributed by atoms with Crippen molar-refractivity contribution < 1.29 is 26.7 Å². The average molecular weight is 411 g/mol. The van der Waals surface area contributed by atoms with Gasteiger partial charge in [-0.05, 0) is 48.4 Å². The van der Waals surface area contributed by atoms with E-state index < -0.39 is 29.6 Å². The maximum absolute atomic E-state index is 13.8. The highest BCUT2D eigenvalue weighted by molar-refractivity contribution is 5.60. The van der Waals surface area contributed by atoms with Gasteiger partial charge in [0.1, 0.15) is 17.4 Å². The lowest BCUT2D eigenvalue weighted by Gasteiger charge is -2.16. The average Bonchev–Trinajstić information content (AvgIpc) is 2.60. The number of alkyl halides is 2. The van der Waals surface area contributed by atoms with E-state index in [2.05, 4.69) is 15.0 Å². The van der Waals surface area contributed by atoms with E-state index in [9.17, 15) is 26.7 Å². The molecule has 1 heterocycles. The number of ether oxygens (including phenoxy) is 1. The van der Waals surface area contributed by atoms with E-state index in [1.165, 1.54) is 18.2 Å². The zero-order valence-electron chi connectivity index (χ0n) is 14.9. The Labute approximate surface area is 161 Å². The predicted molar refractivity (Wildman–Crippen MR) is 95.0 cm³/mol. The Hall–Kier alpha value is -3.43. The molecule has 0 aliphatic rings. The zero-order valence-corrected chi connectivity index (χ0v) is 14.9. The number of aromatic nitrogens is 2. The number of halogens is 5. The second-order valence-corrected chi connectivity index (χ2v) is 6.10. The van der Waals surface area contributed by atoms with Gasteiger partial charge in [0.2, 0.25) is 11.8 Å². The SMILES string of the molecule is Cc1cc(OC(F)F)ccc1Nc1nc(=O)c(F)cn1Cc1cc(F)cc(F)c1. The van der Waals surface area contributed by atoms with Gasteiger partial charge in [0, 0.05) is 18.0 Å². The van der Waals surface area contributed by atoms with E-state index in [4.69, 9.17) is 0 Å². The van der Waals surface area contributed by atoms with Crippen LogP contribution in [0, 0.1) is 24.4 Å². The third-order valence-corrected chi connectivity index (χ3v) is 3.90. The number of rotatable bonds is 6. The summed E-state index contributed by atoms with van der Waals surface area (Å²) in [5, 5.41) is 2.79. The number of hydrogen-bond donors (Lipinski definition) is 1. The molecule has 1 aromatic heterocycles. The summed E-state index contributed by atoms with van der Waals surface area (Å²) in [4.78, 5) is 15.2. The van der Waals surface area contributed by atoms with E-state index in [0.717, 1.165) is 22.9 Å². The second-order valence-electron chi connectivity index (χ2n) is 6.10. The largest absolute Gasteiger partial charge is 0.435 e. The Balaban J connectivity index is 1.95. The molecule has 0 aliphatic heterocycles. The summed E-state index contributed by atoms with van der Waals surface area (Å²) in [6, 6.07) is 6.83. The van der Waals surface area contributed by atoms with Gasteiger partial charge in [-0.2, -0.15) is 18.2 Å². The molecule has 29 heavy (non-hydrogen) atoms. The quantitative estimate of drug-likeness (QED) is 0.613. The van der Waals surface area contributed by atoms with Crippen LogP contribution >= 0.6 is 0 Å². The third kappa shape index (κ3) is 5.09. The predicted octanol–water partition coefficient (Wildman–Crippen LogP) is 4.36. The van der Waals surface area contributed by atoms with Gasteiger partial charge in [-0.1, -0.05) is 0 Å². The number of anilines is 2. The molecule has 2 aromatic carbocycles. The first-order valence-corrected chi connectivity index (χ1v) is 8.25. The van der Waals surface area contributed by atoms with Crippen molar-refractivity contribution in [2.24, 2.45) is 0 Å². The van der Waals surface area contributed by atoms with Gasteiger partial charge in [-0.3, -0.25) is 4.79 Å². The normalized spacial score (nSPS) is 11.0. The summed E-state index contributed by atoms with van der Waals surface area (Å²) < 4.78 is 70.7. The molecule has 0 amide bonds. The van der Waals surface area contributed by atoms with Crippen LogP contribution in [-0.2, 0) is 6.54 Å². The highest BCUT2D eigenvalue weighted by Gasteiger charge is 2.13. The Morgan fingerprint density at radius 1 is 1.10 bits per heavy atom. The van der Waals surface area contributed by atoms with Crippen LogP contribution in [0.4, 0.5) is 33.6 Å². The third-order valence-electron chi connectivity index (χ3n) is 3.90. The van der Waals surface area contributed by atoms with Crippen LogP contribution in [0.25, 0.3) is 0 Å². The van der Waals surface area contributed by atoms with E-state index >= 15 is 0 Å². The Kier molecular flexibility index (Phi) is 5.81. The lowest BCUT2D eigenvalue weighted by molar-refractivity contribution is -0.0498. The Bertz CT molecular complexity index is 1080. The molecule has 0 spiro atoms. The minimum absolute atomic E-state index is 0.0669. The van der Waals surface area contributed by atoms with Gasteiger partial charge in [0.05, 0.1) is 6.54 Å². The monoisotopic (exact) mass is 411 g/mol. The fourth-order valence-electron chi connectivity index (χ4n) is 2.66. The number of hydrogen-bond acceptors (Lipinski definition) is 4. The molecule has 0 unspecified atom stereocenters. The minimum atomic E-state index is -2.98. The molecule has 152 valence electrons. The summed E-state index contributed by atoms with van der Waals surface area (Å²) in [5.41, 5.74) is -0.105. The van der Waals surface area contributed by atoms with Gasteiger partial charge in [-0.15, -0.1) is 0 Å². The first-order chi connectivity index (χ1) is 13.7. The molecule has 0 radical (unpaired) electrons. The van der Waals surface area contributed by atoms with Gasteiger partial charge >= 0.3 is 12.2 Å². The van der Waals surface area contributed by atoms with Crippen molar-refractivity contribution in [1.82, 2.24) is 9.55 Å². The van der Waals surface area contributed by atoms with Crippen LogP contribution in [0.5, 0.6) is 5.75 Å². The Morgan fingerprint density at radius 2 is 1.79 bits per heavy atom. The van der Waals surface area contributed by atoms with Crippen molar-refractivity contribution in [3.63, 3.8) is 0 Å². The topological polar surface area (TPSA) is 56.1 Å². The fourth-order valence-corrected chi connectivity index (χ4v) is 2.66. The van der Waals surface area contributed by atoms with Crippen molar-refractivity contribution in [3.8, 4) is 5.75 Å². The van der Waals surface area contributed by atoms with Gasteiger partial charge in [0.25, 0.3) is 0 Å². The van der Waals surface area contributed by atoms with Crippen LogP contribution in [0.3, 0.4) is 0 Å². The van der Waals surface area contributed by atoms with Crippen LogP contribution in [0.1, 0.15) is 11.1 Å². The summed E-state index contributed by atoms with van der Waals surface area (Å²) in [5.74, 6) is -2.94. The summed E-state index contributed by atoms with van der Waals surface area (Å²) in [7, 11) is 0.